The van der Waals surface area contributed by atoms with Gasteiger partial charge in [0.1, 0.15) is 16.5 Å². The number of ketones is 1. The second-order valence-corrected chi connectivity index (χ2v) is 9.49. The molecule has 2 aromatic carbocycles. The maximum atomic E-state index is 13.0. The highest BCUT2D eigenvalue weighted by molar-refractivity contribution is 6.31. The van der Waals surface area contributed by atoms with E-state index < -0.39 is 0 Å². The fraction of sp³-hybridized carbons (Fsp3) is 0.286. The molecule has 0 bridgehead atoms. The number of rotatable bonds is 10. The first-order chi connectivity index (χ1) is 18.3. The lowest BCUT2D eigenvalue weighted by Gasteiger charge is -2.28. The summed E-state index contributed by atoms with van der Waals surface area (Å²) in [4.78, 5) is 35.6. The topological polar surface area (TPSA) is 106 Å². The van der Waals surface area contributed by atoms with Crippen LogP contribution in [0.3, 0.4) is 0 Å². The number of nitrogens with one attached hydrogen (secondary N) is 2. The molecule has 38 heavy (non-hydrogen) atoms. The summed E-state index contributed by atoms with van der Waals surface area (Å²) in [5.74, 6) is 1.41. The average molecular weight is 536 g/mol. The van der Waals surface area contributed by atoms with Crippen LogP contribution >= 0.6 is 11.6 Å². The Morgan fingerprint density at radius 1 is 1.21 bits per heavy atom. The van der Waals surface area contributed by atoms with Crippen LogP contribution in [0.4, 0.5) is 17.3 Å². The van der Waals surface area contributed by atoms with Crippen LogP contribution in [0.1, 0.15) is 29.6 Å². The summed E-state index contributed by atoms with van der Waals surface area (Å²) < 4.78 is 11.3. The molecule has 0 spiro atoms. The predicted octanol–water partition coefficient (Wildman–Crippen LogP) is 5.71. The first-order valence-corrected chi connectivity index (χ1v) is 12.6. The number of amides is 1. The zero-order valence-electron chi connectivity index (χ0n) is 21.4. The van der Waals surface area contributed by atoms with E-state index in [2.05, 4.69) is 39.1 Å². The van der Waals surface area contributed by atoms with Crippen molar-refractivity contribution in [2.75, 3.05) is 37.9 Å². The molecule has 1 aromatic heterocycles. The minimum absolute atomic E-state index is 0.0923. The Morgan fingerprint density at radius 3 is 2.74 bits per heavy atom. The molecule has 2 N–H and O–H groups in total. The first kappa shape index (κ1) is 27.1. The number of methoxy groups -OCH3 is 1. The smallest absolute Gasteiger partial charge is 0.247 e. The van der Waals surface area contributed by atoms with E-state index in [4.69, 9.17) is 21.1 Å². The van der Waals surface area contributed by atoms with E-state index >= 15 is 0 Å². The molecule has 2 heterocycles. The van der Waals surface area contributed by atoms with Gasteiger partial charge in [-0.25, -0.2) is 4.98 Å². The van der Waals surface area contributed by atoms with E-state index in [9.17, 15) is 9.59 Å². The van der Waals surface area contributed by atoms with Gasteiger partial charge in [-0.3, -0.25) is 9.59 Å². The number of hydrogen-bond acceptors (Lipinski definition) is 8. The summed E-state index contributed by atoms with van der Waals surface area (Å²) in [5.41, 5.74) is 1.67. The molecule has 0 saturated carbocycles. The molecule has 1 amide bonds. The van der Waals surface area contributed by atoms with Crippen LogP contribution in [0.25, 0.3) is 0 Å². The Bertz CT molecular complexity index is 1320. The third-order valence-corrected chi connectivity index (χ3v) is 6.55. The molecule has 10 heteroatoms. The van der Waals surface area contributed by atoms with Gasteiger partial charge in [-0.05, 0) is 75.3 Å². The number of Topliss-reactive ketones (excluding diaryl/α,β-unsaturated/α-hetero) is 1. The van der Waals surface area contributed by atoms with Crippen molar-refractivity contribution in [3.8, 4) is 17.4 Å². The highest BCUT2D eigenvalue weighted by atomic mass is 35.5. The summed E-state index contributed by atoms with van der Waals surface area (Å²) in [6.45, 7) is 5.47. The fourth-order valence-corrected chi connectivity index (χ4v) is 4.30. The molecule has 0 aliphatic carbocycles. The number of likely N-dealkylation sites (tertiary alicyclic amines) is 1. The quantitative estimate of drug-likeness (QED) is 0.251. The summed E-state index contributed by atoms with van der Waals surface area (Å²) >= 11 is 6.29. The lowest BCUT2D eigenvalue weighted by Crippen LogP contribution is -2.31. The molecule has 1 fully saturated rings. The number of piperidine rings is 1. The van der Waals surface area contributed by atoms with E-state index in [1.165, 1.54) is 12.3 Å². The molecule has 0 unspecified atom stereocenters. The maximum Gasteiger partial charge on any atom is 0.247 e. The van der Waals surface area contributed by atoms with Crippen molar-refractivity contribution in [3.63, 3.8) is 0 Å². The first-order valence-electron chi connectivity index (χ1n) is 12.2. The van der Waals surface area contributed by atoms with Crippen molar-refractivity contribution in [2.24, 2.45) is 5.92 Å². The predicted molar refractivity (Wildman–Crippen MR) is 148 cm³/mol. The van der Waals surface area contributed by atoms with Crippen LogP contribution in [0.15, 0.2) is 61.3 Å². The van der Waals surface area contributed by atoms with E-state index in [-0.39, 0.29) is 28.5 Å². The SMILES string of the molecule is C=CC(=O)Nc1cccc(Oc2nc(Nc3cc(C(=O)CC4CCN(C)CC4)ccc3OC)ncc2Cl)c1. The van der Waals surface area contributed by atoms with Gasteiger partial charge in [0.2, 0.25) is 17.7 Å². The Labute approximate surface area is 226 Å². The summed E-state index contributed by atoms with van der Waals surface area (Å²) in [6.07, 6.45) is 5.15. The van der Waals surface area contributed by atoms with Crippen LogP contribution in [0.5, 0.6) is 17.4 Å². The van der Waals surface area contributed by atoms with Crippen molar-refractivity contribution < 1.29 is 19.1 Å². The molecule has 4 rings (SSSR count). The molecular weight excluding hydrogens is 506 g/mol. The highest BCUT2D eigenvalue weighted by Crippen LogP contribution is 2.33. The summed E-state index contributed by atoms with van der Waals surface area (Å²) in [7, 11) is 3.66. The van der Waals surface area contributed by atoms with E-state index in [0.29, 0.717) is 40.8 Å². The van der Waals surface area contributed by atoms with Gasteiger partial charge in [0.05, 0.1) is 19.0 Å². The van der Waals surface area contributed by atoms with Crippen molar-refractivity contribution in [1.29, 1.82) is 0 Å². The highest BCUT2D eigenvalue weighted by Gasteiger charge is 2.21. The molecule has 198 valence electrons. The zero-order valence-corrected chi connectivity index (χ0v) is 22.1. The Balaban J connectivity index is 1.50. The number of ether oxygens (including phenoxy) is 2. The van der Waals surface area contributed by atoms with Gasteiger partial charge in [-0.1, -0.05) is 24.2 Å². The van der Waals surface area contributed by atoms with Crippen molar-refractivity contribution in [3.05, 3.63) is 71.9 Å². The molecule has 1 aliphatic rings. The number of benzene rings is 2. The number of carbonyl (C=O) groups is 2. The van der Waals surface area contributed by atoms with Gasteiger partial charge < -0.3 is 25.0 Å². The number of aromatic nitrogens is 2. The van der Waals surface area contributed by atoms with Crippen molar-refractivity contribution in [2.45, 2.75) is 19.3 Å². The van der Waals surface area contributed by atoms with Gasteiger partial charge in [-0.15, -0.1) is 0 Å². The Morgan fingerprint density at radius 2 is 2.00 bits per heavy atom. The van der Waals surface area contributed by atoms with E-state index in [0.717, 1.165) is 25.9 Å². The molecule has 3 aromatic rings. The lowest BCUT2D eigenvalue weighted by atomic mass is 9.90. The van der Waals surface area contributed by atoms with Gasteiger partial charge in [0, 0.05) is 23.7 Å². The third kappa shape index (κ3) is 7.08. The molecule has 9 nitrogen and oxygen atoms in total. The van der Waals surface area contributed by atoms with E-state index in [1.807, 2.05) is 0 Å². The van der Waals surface area contributed by atoms with Gasteiger partial charge in [0.25, 0.3) is 0 Å². The van der Waals surface area contributed by atoms with Crippen LogP contribution in [-0.2, 0) is 4.79 Å². The minimum Gasteiger partial charge on any atom is -0.495 e. The molecule has 0 radical (unpaired) electrons. The molecule has 0 atom stereocenters. The average Bonchev–Trinajstić information content (AvgIpc) is 2.92. The summed E-state index contributed by atoms with van der Waals surface area (Å²) in [5, 5.41) is 5.99. The van der Waals surface area contributed by atoms with Crippen LogP contribution in [0, 0.1) is 5.92 Å². The summed E-state index contributed by atoms with van der Waals surface area (Å²) in [6, 6.07) is 12.1. The lowest BCUT2D eigenvalue weighted by molar-refractivity contribution is -0.111. The van der Waals surface area contributed by atoms with Crippen molar-refractivity contribution in [1.82, 2.24) is 14.9 Å². The number of nitrogens with zero attached hydrogens (tertiary/aromatic N) is 3. The van der Waals surface area contributed by atoms with Crippen LogP contribution in [0.2, 0.25) is 5.02 Å². The van der Waals surface area contributed by atoms with E-state index in [1.54, 1.807) is 49.6 Å². The number of hydrogen-bond donors (Lipinski definition) is 2. The largest absolute Gasteiger partial charge is 0.495 e. The second kappa shape index (κ2) is 12.5. The molecular formula is C28H30ClN5O4. The van der Waals surface area contributed by atoms with Crippen LogP contribution < -0.4 is 20.1 Å². The normalized spacial score (nSPS) is 14.0. The second-order valence-electron chi connectivity index (χ2n) is 9.08. The Hall–Kier alpha value is -3.95. The molecule has 1 saturated heterocycles. The van der Waals surface area contributed by atoms with Gasteiger partial charge in [-0.2, -0.15) is 4.98 Å². The monoisotopic (exact) mass is 535 g/mol. The zero-order chi connectivity index (χ0) is 27.1. The molecule has 1 aliphatic heterocycles. The number of anilines is 3. The van der Waals surface area contributed by atoms with Gasteiger partial charge in [0.15, 0.2) is 5.78 Å². The van der Waals surface area contributed by atoms with Crippen molar-refractivity contribution >= 4 is 40.6 Å². The standard InChI is InChI=1S/C28H30ClN5O4/c1-4-26(36)31-20-6-5-7-21(16-20)38-27-22(29)17-30-28(33-27)32-23-15-19(8-9-25(23)37-3)24(35)14-18-10-12-34(2)13-11-18/h4-9,15-18H,1,10-14H2,2-3H3,(H,31,36)(H,30,32,33). The van der Waals surface area contributed by atoms with Gasteiger partial charge >= 0.3 is 0 Å². The Kier molecular flexibility index (Phi) is 8.93. The fourth-order valence-electron chi connectivity index (χ4n) is 4.17. The van der Waals surface area contributed by atoms with Crippen LogP contribution in [-0.4, -0.2) is 53.8 Å². The number of carbonyl (C=O) groups excluding carboxylic acids is 2. The number of halogens is 1. The minimum atomic E-state index is -0.338. The maximum absolute atomic E-state index is 13.0. The third-order valence-electron chi connectivity index (χ3n) is 6.29.